The Morgan fingerprint density at radius 3 is 2.58 bits per heavy atom. The lowest BCUT2D eigenvalue weighted by Crippen LogP contribution is -2.30. The van der Waals surface area contributed by atoms with Crippen molar-refractivity contribution in [2.24, 2.45) is 0 Å². The highest BCUT2D eigenvalue weighted by molar-refractivity contribution is 8.00. The van der Waals surface area contributed by atoms with Crippen LogP contribution in [0, 0.1) is 0 Å². The van der Waals surface area contributed by atoms with Crippen LogP contribution in [-0.2, 0) is 9.59 Å². The van der Waals surface area contributed by atoms with Crippen molar-refractivity contribution in [3.8, 4) is 17.0 Å². The predicted molar refractivity (Wildman–Crippen MR) is 169 cm³/mol. The van der Waals surface area contributed by atoms with Crippen LogP contribution in [0.4, 0.5) is 10.8 Å². The van der Waals surface area contributed by atoms with Crippen molar-refractivity contribution in [1.82, 2.24) is 10.3 Å². The van der Waals surface area contributed by atoms with Crippen LogP contribution in [0.1, 0.15) is 16.1 Å². The monoisotopic (exact) mass is 610 g/mol. The van der Waals surface area contributed by atoms with Crippen LogP contribution in [0.2, 0.25) is 0 Å². The van der Waals surface area contributed by atoms with E-state index in [0.29, 0.717) is 22.1 Å². The average Bonchev–Trinajstić information content (AvgIpc) is 3.73. The van der Waals surface area contributed by atoms with Gasteiger partial charge >= 0.3 is 0 Å². The fourth-order valence-electron chi connectivity index (χ4n) is 3.87. The molecule has 0 saturated carbocycles. The van der Waals surface area contributed by atoms with E-state index in [2.05, 4.69) is 20.9 Å². The number of methoxy groups -OCH3 is 1. The molecular weight excluding hydrogens is 585 g/mol. The third-order valence-corrected chi connectivity index (χ3v) is 7.69. The minimum atomic E-state index is -0.531. The number of aromatic nitrogens is 1. The van der Waals surface area contributed by atoms with Gasteiger partial charge in [0.05, 0.1) is 24.8 Å². The molecule has 2 aromatic heterocycles. The second-order valence-corrected chi connectivity index (χ2v) is 10.9. The van der Waals surface area contributed by atoms with Crippen LogP contribution in [0.15, 0.2) is 118 Å². The first-order chi connectivity index (χ1) is 21.0. The molecule has 0 aliphatic carbocycles. The Morgan fingerprint density at radius 1 is 0.953 bits per heavy atom. The van der Waals surface area contributed by atoms with E-state index in [4.69, 9.17) is 9.15 Å². The molecule has 5 aromatic rings. The zero-order valence-electron chi connectivity index (χ0n) is 22.9. The lowest BCUT2D eigenvalue weighted by Gasteiger charge is -2.12. The number of benzene rings is 3. The van der Waals surface area contributed by atoms with Crippen LogP contribution < -0.4 is 20.7 Å². The topological polar surface area (TPSA) is 123 Å². The van der Waals surface area contributed by atoms with Gasteiger partial charge in [-0.25, -0.2) is 4.98 Å². The van der Waals surface area contributed by atoms with Gasteiger partial charge in [0.25, 0.3) is 11.8 Å². The molecule has 0 fully saturated rings. The summed E-state index contributed by atoms with van der Waals surface area (Å²) in [4.78, 5) is 43.9. The summed E-state index contributed by atoms with van der Waals surface area (Å²) in [7, 11) is 1.61. The number of rotatable bonds is 11. The number of carbonyl (C=O) groups excluding carboxylic acids is 3. The lowest BCUT2D eigenvalue weighted by atomic mass is 10.2. The Balaban J connectivity index is 1.19. The Kier molecular flexibility index (Phi) is 9.67. The molecule has 0 unspecified atom stereocenters. The number of hydrogen-bond acceptors (Lipinski definition) is 8. The molecule has 3 amide bonds. The quantitative estimate of drug-likeness (QED) is 0.114. The van der Waals surface area contributed by atoms with Gasteiger partial charge in [-0.1, -0.05) is 36.4 Å². The summed E-state index contributed by atoms with van der Waals surface area (Å²) in [5.74, 6) is 0.105. The fraction of sp³-hybridized carbons (Fsp3) is 0.0625. The number of carbonyl (C=O) groups is 3. The Morgan fingerprint density at radius 2 is 1.79 bits per heavy atom. The van der Waals surface area contributed by atoms with Crippen molar-refractivity contribution >= 4 is 57.7 Å². The van der Waals surface area contributed by atoms with Gasteiger partial charge in [0.2, 0.25) is 5.91 Å². The Labute approximate surface area is 256 Å². The smallest absolute Gasteiger partial charge is 0.272 e. The number of furan rings is 1. The van der Waals surface area contributed by atoms with E-state index in [1.165, 1.54) is 35.4 Å². The highest BCUT2D eigenvalue weighted by Crippen LogP contribution is 2.28. The molecule has 43 heavy (non-hydrogen) atoms. The first-order valence-corrected chi connectivity index (χ1v) is 14.9. The van der Waals surface area contributed by atoms with Crippen molar-refractivity contribution in [1.29, 1.82) is 0 Å². The molecule has 0 bridgehead atoms. The largest absolute Gasteiger partial charge is 0.497 e. The van der Waals surface area contributed by atoms with Gasteiger partial charge in [-0.05, 0) is 54.6 Å². The van der Waals surface area contributed by atoms with Crippen molar-refractivity contribution in [3.05, 3.63) is 120 Å². The number of thioether (sulfide) groups is 1. The van der Waals surface area contributed by atoms with E-state index in [-0.39, 0.29) is 17.4 Å². The maximum Gasteiger partial charge on any atom is 0.272 e. The summed E-state index contributed by atoms with van der Waals surface area (Å²) in [5, 5.41) is 10.7. The molecule has 0 spiro atoms. The number of amides is 3. The first kappa shape index (κ1) is 29.4. The predicted octanol–water partition coefficient (Wildman–Crippen LogP) is 6.55. The second-order valence-electron chi connectivity index (χ2n) is 8.98. The Bertz CT molecular complexity index is 1750. The maximum atomic E-state index is 13.2. The lowest BCUT2D eigenvalue weighted by molar-refractivity contribution is -0.114. The van der Waals surface area contributed by atoms with E-state index in [1.54, 1.807) is 67.8 Å². The van der Waals surface area contributed by atoms with Crippen molar-refractivity contribution in [3.63, 3.8) is 0 Å². The standard InChI is InChI=1S/C32H26N4O5S2/c1-40-24-12-5-10-22(16-24)28-19-43-32(35-28)36-29(37)20-42-26-14-6-11-23(17-26)33-31(39)27(18-25-13-7-15-41-25)34-30(38)21-8-3-2-4-9-21/h2-19H,20H2,1H3,(H,33,39)(H,34,38)(H,35,36,37)/b27-18-. The molecular formula is C32H26N4O5S2. The molecule has 0 aliphatic heterocycles. The van der Waals surface area contributed by atoms with Gasteiger partial charge < -0.3 is 25.1 Å². The van der Waals surface area contributed by atoms with E-state index in [9.17, 15) is 14.4 Å². The normalized spacial score (nSPS) is 11.0. The molecule has 3 N–H and O–H groups in total. The number of anilines is 2. The Hall–Kier alpha value is -5.13. The zero-order valence-corrected chi connectivity index (χ0v) is 24.5. The highest BCUT2D eigenvalue weighted by Gasteiger charge is 2.16. The van der Waals surface area contributed by atoms with Crippen molar-refractivity contribution < 1.29 is 23.5 Å². The summed E-state index contributed by atoms with van der Waals surface area (Å²) in [6.45, 7) is 0. The number of hydrogen-bond donors (Lipinski definition) is 3. The molecule has 5 rings (SSSR count). The minimum Gasteiger partial charge on any atom is -0.497 e. The van der Waals surface area contributed by atoms with Gasteiger partial charge in [0.15, 0.2) is 5.13 Å². The first-order valence-electron chi connectivity index (χ1n) is 13.0. The van der Waals surface area contributed by atoms with Crippen molar-refractivity contribution in [2.45, 2.75) is 4.90 Å². The zero-order chi connectivity index (χ0) is 30.0. The van der Waals surface area contributed by atoms with Crippen LogP contribution >= 0.6 is 23.1 Å². The summed E-state index contributed by atoms with van der Waals surface area (Å²) >= 11 is 2.66. The summed E-state index contributed by atoms with van der Waals surface area (Å²) in [6, 6.07) is 26.6. The fourth-order valence-corrected chi connectivity index (χ4v) is 5.36. The van der Waals surface area contributed by atoms with Crippen LogP contribution in [0.25, 0.3) is 17.3 Å². The summed E-state index contributed by atoms with van der Waals surface area (Å²) in [5.41, 5.74) is 2.56. The molecule has 3 aromatic carbocycles. The summed E-state index contributed by atoms with van der Waals surface area (Å²) < 4.78 is 10.6. The molecule has 9 nitrogen and oxygen atoms in total. The number of nitrogens with zero attached hydrogens (tertiary/aromatic N) is 1. The average molecular weight is 611 g/mol. The van der Waals surface area contributed by atoms with E-state index >= 15 is 0 Å². The van der Waals surface area contributed by atoms with E-state index in [1.807, 2.05) is 35.7 Å². The molecule has 2 heterocycles. The van der Waals surface area contributed by atoms with Gasteiger partial charge in [-0.3, -0.25) is 14.4 Å². The van der Waals surface area contributed by atoms with E-state index < -0.39 is 11.8 Å². The molecule has 0 atom stereocenters. The van der Waals surface area contributed by atoms with Crippen LogP contribution in [-0.4, -0.2) is 35.6 Å². The summed E-state index contributed by atoms with van der Waals surface area (Å²) in [6.07, 6.45) is 2.93. The third-order valence-electron chi connectivity index (χ3n) is 5.94. The molecule has 0 saturated heterocycles. The van der Waals surface area contributed by atoms with Gasteiger partial charge in [0, 0.05) is 33.2 Å². The van der Waals surface area contributed by atoms with E-state index in [0.717, 1.165) is 21.9 Å². The molecule has 216 valence electrons. The molecule has 0 radical (unpaired) electrons. The molecule has 11 heteroatoms. The number of thiazole rings is 1. The highest BCUT2D eigenvalue weighted by atomic mass is 32.2. The van der Waals surface area contributed by atoms with Gasteiger partial charge in [0.1, 0.15) is 17.2 Å². The molecule has 0 aliphatic rings. The number of ether oxygens (including phenoxy) is 1. The van der Waals surface area contributed by atoms with Gasteiger partial charge in [-0.15, -0.1) is 23.1 Å². The maximum absolute atomic E-state index is 13.2. The van der Waals surface area contributed by atoms with Gasteiger partial charge in [-0.2, -0.15) is 0 Å². The minimum absolute atomic E-state index is 0.0120. The van der Waals surface area contributed by atoms with Crippen LogP contribution in [0.3, 0.4) is 0 Å². The van der Waals surface area contributed by atoms with Crippen molar-refractivity contribution in [2.75, 3.05) is 23.5 Å². The SMILES string of the molecule is COc1cccc(-c2csc(NC(=O)CSc3cccc(NC(=O)/C(=C/c4ccco4)NC(=O)c4ccccc4)c3)n2)c1. The van der Waals surface area contributed by atoms with Crippen LogP contribution in [0.5, 0.6) is 5.75 Å². The second kappa shape index (κ2) is 14.2. The third kappa shape index (κ3) is 8.22. The number of nitrogens with one attached hydrogen (secondary N) is 3.